The van der Waals surface area contributed by atoms with E-state index < -0.39 is 0 Å². The van der Waals surface area contributed by atoms with Gasteiger partial charge in [-0.3, -0.25) is 0 Å². The summed E-state index contributed by atoms with van der Waals surface area (Å²) in [4.78, 5) is 0. The molecule has 0 aliphatic heterocycles. The molecule has 1 aromatic rings. The van der Waals surface area contributed by atoms with Gasteiger partial charge in [-0.15, -0.1) is 0 Å². The van der Waals surface area contributed by atoms with Crippen LogP contribution in [0.3, 0.4) is 0 Å². The Balaban J connectivity index is 1.70. The molecule has 1 N–H and O–H groups in total. The van der Waals surface area contributed by atoms with Crippen LogP contribution in [0.5, 0.6) is 5.75 Å². The summed E-state index contributed by atoms with van der Waals surface area (Å²) in [6, 6.07) is 9.10. The lowest BCUT2D eigenvalue weighted by atomic mass is 9.60. The van der Waals surface area contributed by atoms with Crippen molar-refractivity contribution in [1.29, 1.82) is 0 Å². The molecule has 2 aliphatic carbocycles. The maximum absolute atomic E-state index is 6.39. The van der Waals surface area contributed by atoms with E-state index in [1.54, 1.807) is 0 Å². The van der Waals surface area contributed by atoms with Crippen LogP contribution in [0, 0.1) is 12.3 Å². The Morgan fingerprint density at radius 1 is 1.25 bits per heavy atom. The topological polar surface area (TPSA) is 21.3 Å². The first kappa shape index (κ1) is 13.9. The molecule has 20 heavy (non-hydrogen) atoms. The highest BCUT2D eigenvalue weighted by atomic mass is 16.5. The van der Waals surface area contributed by atoms with Crippen molar-refractivity contribution in [3.05, 3.63) is 29.8 Å². The molecule has 2 nitrogen and oxygen atoms in total. The van der Waals surface area contributed by atoms with Crippen LogP contribution in [-0.2, 0) is 0 Å². The quantitative estimate of drug-likeness (QED) is 0.873. The van der Waals surface area contributed by atoms with E-state index in [1.165, 1.54) is 44.1 Å². The molecule has 0 bridgehead atoms. The first-order chi connectivity index (χ1) is 9.76. The molecule has 110 valence electrons. The number of nitrogens with one attached hydrogen (secondary N) is 1. The van der Waals surface area contributed by atoms with Gasteiger partial charge in [0.2, 0.25) is 0 Å². The van der Waals surface area contributed by atoms with Gasteiger partial charge in [0.05, 0.1) is 0 Å². The molecular weight excluding hydrogens is 246 g/mol. The molecule has 0 radical (unpaired) electrons. The van der Waals surface area contributed by atoms with Gasteiger partial charge in [-0.05, 0) is 44.4 Å². The lowest BCUT2D eigenvalue weighted by Crippen LogP contribution is -2.63. The largest absolute Gasteiger partial charge is 0.489 e. The van der Waals surface area contributed by atoms with E-state index in [9.17, 15) is 0 Å². The van der Waals surface area contributed by atoms with Crippen LogP contribution in [-0.4, -0.2) is 18.7 Å². The summed E-state index contributed by atoms with van der Waals surface area (Å²) < 4.78 is 6.39. The van der Waals surface area contributed by atoms with Gasteiger partial charge in [0.15, 0.2) is 0 Å². The normalized spacial score (nSPS) is 27.5. The minimum Gasteiger partial charge on any atom is -0.489 e. The molecule has 0 saturated heterocycles. The lowest BCUT2D eigenvalue weighted by Gasteiger charge is -2.54. The van der Waals surface area contributed by atoms with Gasteiger partial charge in [-0.2, -0.15) is 0 Å². The summed E-state index contributed by atoms with van der Waals surface area (Å²) >= 11 is 0. The maximum Gasteiger partial charge on any atom is 0.122 e. The summed E-state index contributed by atoms with van der Waals surface area (Å²) in [5.74, 6) is 1.08. The molecule has 1 spiro atoms. The van der Waals surface area contributed by atoms with Crippen molar-refractivity contribution in [3.8, 4) is 5.75 Å². The number of aryl methyl sites for hydroxylation is 1. The van der Waals surface area contributed by atoms with Crippen LogP contribution in [0.25, 0.3) is 0 Å². The van der Waals surface area contributed by atoms with Crippen LogP contribution in [0.4, 0.5) is 0 Å². The third kappa shape index (κ3) is 2.35. The standard InChI is InChI=1S/C18H27NO/c1-3-12-19-16-13-17(18(16)10-6-7-11-18)20-15-9-5-4-8-14(15)2/h4-5,8-9,16-17,19H,3,6-7,10-13H2,1-2H3. The highest BCUT2D eigenvalue weighted by Crippen LogP contribution is 2.54. The number of para-hydroxylation sites is 1. The molecule has 0 amide bonds. The summed E-state index contributed by atoms with van der Waals surface area (Å²) in [5, 5.41) is 3.75. The molecule has 2 aliphatic rings. The van der Waals surface area contributed by atoms with Crippen LogP contribution >= 0.6 is 0 Å². The number of benzene rings is 1. The second-order valence-corrected chi connectivity index (χ2v) is 6.55. The van der Waals surface area contributed by atoms with E-state index in [2.05, 4.69) is 43.4 Å². The van der Waals surface area contributed by atoms with Gasteiger partial charge < -0.3 is 10.1 Å². The van der Waals surface area contributed by atoms with E-state index in [1.807, 2.05) is 0 Å². The van der Waals surface area contributed by atoms with Crippen molar-refractivity contribution in [3.63, 3.8) is 0 Å². The summed E-state index contributed by atoms with van der Waals surface area (Å²) in [6.45, 7) is 5.53. The fraction of sp³-hybridized carbons (Fsp3) is 0.667. The minimum absolute atomic E-state index is 0.414. The average Bonchev–Trinajstić information content (AvgIpc) is 2.96. The second-order valence-electron chi connectivity index (χ2n) is 6.55. The van der Waals surface area contributed by atoms with Gasteiger partial charge in [-0.25, -0.2) is 0 Å². The molecule has 1 aromatic carbocycles. The Morgan fingerprint density at radius 2 is 2.00 bits per heavy atom. The smallest absolute Gasteiger partial charge is 0.122 e. The molecule has 0 aromatic heterocycles. The fourth-order valence-electron chi connectivity index (χ4n) is 4.06. The van der Waals surface area contributed by atoms with Gasteiger partial charge >= 0.3 is 0 Å². The SMILES string of the molecule is CCCNC1CC(Oc2ccccc2C)C12CCCC2. The van der Waals surface area contributed by atoms with Crippen molar-refractivity contribution in [2.24, 2.45) is 5.41 Å². The van der Waals surface area contributed by atoms with Crippen molar-refractivity contribution >= 4 is 0 Å². The maximum atomic E-state index is 6.39. The Bertz CT molecular complexity index is 450. The van der Waals surface area contributed by atoms with Crippen LogP contribution in [0.2, 0.25) is 0 Å². The van der Waals surface area contributed by atoms with E-state index in [0.29, 0.717) is 17.6 Å². The Labute approximate surface area is 122 Å². The highest BCUT2D eigenvalue weighted by molar-refractivity contribution is 5.32. The number of ether oxygens (including phenoxy) is 1. The third-order valence-corrected chi connectivity index (χ3v) is 5.32. The molecule has 2 saturated carbocycles. The number of hydrogen-bond acceptors (Lipinski definition) is 2. The zero-order valence-electron chi connectivity index (χ0n) is 12.8. The predicted molar refractivity (Wildman–Crippen MR) is 83.2 cm³/mol. The van der Waals surface area contributed by atoms with Crippen molar-refractivity contribution in [2.75, 3.05) is 6.54 Å². The number of rotatable bonds is 5. The van der Waals surface area contributed by atoms with Crippen LogP contribution in [0.15, 0.2) is 24.3 Å². The molecule has 2 fully saturated rings. The van der Waals surface area contributed by atoms with Gasteiger partial charge in [0, 0.05) is 17.9 Å². The van der Waals surface area contributed by atoms with E-state index in [0.717, 1.165) is 12.3 Å². The second kappa shape index (κ2) is 5.77. The molecule has 2 atom stereocenters. The first-order valence-corrected chi connectivity index (χ1v) is 8.22. The molecular formula is C18H27NO. The Morgan fingerprint density at radius 3 is 2.70 bits per heavy atom. The average molecular weight is 273 g/mol. The van der Waals surface area contributed by atoms with Gasteiger partial charge in [0.25, 0.3) is 0 Å². The molecule has 2 unspecified atom stereocenters. The van der Waals surface area contributed by atoms with E-state index in [4.69, 9.17) is 4.74 Å². The van der Waals surface area contributed by atoms with Crippen LogP contribution in [0.1, 0.15) is 51.0 Å². The van der Waals surface area contributed by atoms with E-state index in [-0.39, 0.29) is 0 Å². The van der Waals surface area contributed by atoms with Gasteiger partial charge in [0.1, 0.15) is 11.9 Å². The predicted octanol–water partition coefficient (Wildman–Crippen LogP) is 4.07. The molecule has 2 heteroatoms. The van der Waals surface area contributed by atoms with Crippen molar-refractivity contribution < 1.29 is 4.74 Å². The summed E-state index contributed by atoms with van der Waals surface area (Å²) in [6.07, 6.45) is 8.23. The van der Waals surface area contributed by atoms with Crippen LogP contribution < -0.4 is 10.1 Å². The monoisotopic (exact) mass is 273 g/mol. The summed E-state index contributed by atoms with van der Waals surface area (Å²) in [5.41, 5.74) is 1.67. The zero-order chi connectivity index (χ0) is 14.0. The fourth-order valence-corrected chi connectivity index (χ4v) is 4.06. The number of hydrogen-bond donors (Lipinski definition) is 1. The first-order valence-electron chi connectivity index (χ1n) is 8.22. The van der Waals surface area contributed by atoms with Crippen molar-refractivity contribution in [1.82, 2.24) is 5.32 Å². The molecule has 3 rings (SSSR count). The highest BCUT2D eigenvalue weighted by Gasteiger charge is 2.57. The third-order valence-electron chi connectivity index (χ3n) is 5.32. The summed E-state index contributed by atoms with van der Waals surface area (Å²) in [7, 11) is 0. The van der Waals surface area contributed by atoms with Crippen molar-refractivity contribution in [2.45, 2.75) is 64.5 Å². The van der Waals surface area contributed by atoms with Gasteiger partial charge in [-0.1, -0.05) is 38.0 Å². The molecule has 0 heterocycles. The zero-order valence-corrected chi connectivity index (χ0v) is 12.8. The minimum atomic E-state index is 0.414. The Hall–Kier alpha value is -1.02. The Kier molecular flexibility index (Phi) is 4.02. The lowest BCUT2D eigenvalue weighted by molar-refractivity contribution is -0.0762. The van der Waals surface area contributed by atoms with E-state index >= 15 is 0 Å².